The first-order chi connectivity index (χ1) is 9.97. The predicted octanol–water partition coefficient (Wildman–Crippen LogP) is 1.10. The monoisotopic (exact) mass is 293 g/mol. The Hall–Kier alpha value is -2.08. The second-order valence-electron chi connectivity index (χ2n) is 4.76. The molecule has 1 aromatic rings. The highest BCUT2D eigenvalue weighted by Gasteiger charge is 2.15. The van der Waals surface area contributed by atoms with E-state index in [1.54, 1.807) is 12.1 Å². The third-order valence-electron chi connectivity index (χ3n) is 3.22. The van der Waals surface area contributed by atoms with Gasteiger partial charge in [-0.15, -0.1) is 0 Å². The number of phenols is 1. The van der Waals surface area contributed by atoms with Gasteiger partial charge in [0, 0.05) is 13.1 Å². The number of phenolic OH excluding ortho intramolecular Hbond substituents is 1. The van der Waals surface area contributed by atoms with E-state index in [1.807, 2.05) is 20.8 Å². The summed E-state index contributed by atoms with van der Waals surface area (Å²) in [7, 11) is 0. The van der Waals surface area contributed by atoms with E-state index in [0.717, 1.165) is 18.7 Å². The van der Waals surface area contributed by atoms with Gasteiger partial charge in [0.2, 0.25) is 0 Å². The van der Waals surface area contributed by atoms with Crippen LogP contribution in [-0.2, 0) is 9.59 Å². The first-order valence-corrected chi connectivity index (χ1v) is 7.09. The van der Waals surface area contributed by atoms with Gasteiger partial charge in [-0.3, -0.25) is 9.59 Å². The van der Waals surface area contributed by atoms with Crippen molar-refractivity contribution in [1.29, 1.82) is 0 Å². The number of hydrogen-bond donors (Lipinski definition) is 3. The number of rotatable bonds is 6. The largest absolute Gasteiger partial charge is 0.506 e. The highest BCUT2D eigenvalue weighted by Crippen LogP contribution is 2.23. The lowest BCUT2D eigenvalue weighted by Gasteiger charge is -2.17. The molecule has 0 heterocycles. The average molecular weight is 293 g/mol. The first kappa shape index (κ1) is 17.0. The Labute approximate surface area is 125 Å². The van der Waals surface area contributed by atoms with Crippen molar-refractivity contribution in [2.45, 2.75) is 20.8 Å². The lowest BCUT2D eigenvalue weighted by Crippen LogP contribution is -2.40. The Balaban J connectivity index is 2.46. The van der Waals surface area contributed by atoms with E-state index in [2.05, 4.69) is 15.5 Å². The summed E-state index contributed by atoms with van der Waals surface area (Å²) >= 11 is 0. The fraction of sp³-hybridized carbons (Fsp3) is 0.467. The number of nitrogens with zero attached hydrogens (tertiary/aromatic N) is 1. The van der Waals surface area contributed by atoms with Crippen LogP contribution in [-0.4, -0.2) is 48.0 Å². The van der Waals surface area contributed by atoms with Gasteiger partial charge in [0.1, 0.15) is 5.75 Å². The van der Waals surface area contributed by atoms with Crippen LogP contribution in [0.3, 0.4) is 0 Å². The number of hydrogen-bond acceptors (Lipinski definition) is 4. The van der Waals surface area contributed by atoms with Gasteiger partial charge in [-0.2, -0.15) is 0 Å². The molecule has 116 valence electrons. The molecule has 0 fully saturated rings. The molecule has 0 aliphatic heterocycles. The van der Waals surface area contributed by atoms with Crippen LogP contribution in [0.5, 0.6) is 5.75 Å². The van der Waals surface area contributed by atoms with Crippen LogP contribution >= 0.6 is 0 Å². The molecule has 0 aliphatic carbocycles. The van der Waals surface area contributed by atoms with Gasteiger partial charge in [0.15, 0.2) is 0 Å². The molecule has 21 heavy (non-hydrogen) atoms. The summed E-state index contributed by atoms with van der Waals surface area (Å²) in [6.07, 6.45) is 0. The van der Waals surface area contributed by atoms with Crippen molar-refractivity contribution in [2.24, 2.45) is 0 Å². The molecule has 2 amide bonds. The number of nitrogens with one attached hydrogen (secondary N) is 2. The number of carbonyl (C=O) groups is 2. The normalized spacial score (nSPS) is 10.5. The van der Waals surface area contributed by atoms with Crippen LogP contribution in [0.15, 0.2) is 18.2 Å². The van der Waals surface area contributed by atoms with Crippen molar-refractivity contribution in [3.8, 4) is 5.75 Å². The first-order valence-electron chi connectivity index (χ1n) is 7.09. The summed E-state index contributed by atoms with van der Waals surface area (Å²) in [4.78, 5) is 25.5. The molecular formula is C15H23N3O3. The Morgan fingerprint density at radius 1 is 1.19 bits per heavy atom. The molecule has 0 aliphatic rings. The zero-order chi connectivity index (χ0) is 15.8. The molecule has 0 atom stereocenters. The Bertz CT molecular complexity index is 499. The average Bonchev–Trinajstić information content (AvgIpc) is 2.46. The Kier molecular flexibility index (Phi) is 6.68. The standard InChI is InChI=1S/C15H23N3O3/c1-4-18(5-2)9-8-16-14(20)15(21)17-12-7-6-11(3)10-13(12)19/h6-7,10,19H,4-5,8-9H2,1-3H3,(H,16,20)(H,17,21). The molecule has 0 bridgehead atoms. The zero-order valence-electron chi connectivity index (χ0n) is 12.8. The Morgan fingerprint density at radius 3 is 2.43 bits per heavy atom. The SMILES string of the molecule is CCN(CC)CCNC(=O)C(=O)Nc1ccc(C)cc1O. The molecule has 6 heteroatoms. The van der Waals surface area contributed by atoms with E-state index >= 15 is 0 Å². The second-order valence-corrected chi connectivity index (χ2v) is 4.76. The summed E-state index contributed by atoms with van der Waals surface area (Å²) < 4.78 is 0. The van der Waals surface area contributed by atoms with Crippen LogP contribution in [0, 0.1) is 6.92 Å². The number of aryl methyl sites for hydroxylation is 1. The predicted molar refractivity (Wildman–Crippen MR) is 82.3 cm³/mol. The molecule has 0 saturated carbocycles. The number of carbonyl (C=O) groups excluding carboxylic acids is 2. The van der Waals surface area contributed by atoms with Crippen LogP contribution < -0.4 is 10.6 Å². The van der Waals surface area contributed by atoms with E-state index in [0.29, 0.717) is 13.1 Å². The topological polar surface area (TPSA) is 81.7 Å². The van der Waals surface area contributed by atoms with Crippen molar-refractivity contribution in [2.75, 3.05) is 31.5 Å². The van der Waals surface area contributed by atoms with E-state index in [-0.39, 0.29) is 11.4 Å². The molecular weight excluding hydrogens is 270 g/mol. The quantitative estimate of drug-likeness (QED) is 0.542. The molecule has 0 saturated heterocycles. The van der Waals surface area contributed by atoms with Crippen molar-refractivity contribution in [3.63, 3.8) is 0 Å². The van der Waals surface area contributed by atoms with Gasteiger partial charge in [-0.1, -0.05) is 19.9 Å². The van der Waals surface area contributed by atoms with Crippen molar-refractivity contribution in [1.82, 2.24) is 10.2 Å². The van der Waals surface area contributed by atoms with E-state index in [1.165, 1.54) is 6.07 Å². The summed E-state index contributed by atoms with van der Waals surface area (Å²) in [6, 6.07) is 4.83. The third-order valence-corrected chi connectivity index (χ3v) is 3.22. The molecule has 0 radical (unpaired) electrons. The smallest absolute Gasteiger partial charge is 0.313 e. The van der Waals surface area contributed by atoms with E-state index in [9.17, 15) is 14.7 Å². The van der Waals surface area contributed by atoms with E-state index < -0.39 is 11.8 Å². The summed E-state index contributed by atoms with van der Waals surface area (Å²) in [5, 5.41) is 14.6. The number of anilines is 1. The van der Waals surface area contributed by atoms with Crippen molar-refractivity contribution >= 4 is 17.5 Å². The van der Waals surface area contributed by atoms with Crippen molar-refractivity contribution < 1.29 is 14.7 Å². The van der Waals surface area contributed by atoms with Gasteiger partial charge in [0.25, 0.3) is 0 Å². The van der Waals surface area contributed by atoms with Crippen molar-refractivity contribution in [3.05, 3.63) is 23.8 Å². The lowest BCUT2D eigenvalue weighted by molar-refractivity contribution is -0.136. The molecule has 3 N–H and O–H groups in total. The van der Waals surface area contributed by atoms with Crippen LogP contribution in [0.4, 0.5) is 5.69 Å². The molecule has 0 spiro atoms. The second kappa shape index (κ2) is 8.26. The molecule has 6 nitrogen and oxygen atoms in total. The summed E-state index contributed by atoms with van der Waals surface area (Å²) in [6.45, 7) is 8.81. The molecule has 1 aromatic carbocycles. The number of likely N-dealkylation sites (N-methyl/N-ethyl adjacent to an activating group) is 1. The minimum atomic E-state index is -0.784. The molecule has 0 aromatic heterocycles. The fourth-order valence-electron chi connectivity index (χ4n) is 1.87. The van der Waals surface area contributed by atoms with Crippen LogP contribution in [0.1, 0.15) is 19.4 Å². The maximum absolute atomic E-state index is 11.7. The van der Waals surface area contributed by atoms with Gasteiger partial charge < -0.3 is 20.6 Å². The van der Waals surface area contributed by atoms with Gasteiger partial charge in [-0.05, 0) is 37.7 Å². The third kappa shape index (κ3) is 5.43. The summed E-state index contributed by atoms with van der Waals surface area (Å²) in [5.41, 5.74) is 1.10. The van der Waals surface area contributed by atoms with Gasteiger partial charge in [0.05, 0.1) is 5.69 Å². The van der Waals surface area contributed by atoms with Crippen LogP contribution in [0.25, 0.3) is 0 Å². The zero-order valence-corrected chi connectivity index (χ0v) is 12.8. The maximum atomic E-state index is 11.7. The number of benzene rings is 1. The minimum Gasteiger partial charge on any atom is -0.506 e. The van der Waals surface area contributed by atoms with Gasteiger partial charge in [-0.25, -0.2) is 0 Å². The van der Waals surface area contributed by atoms with Crippen LogP contribution in [0.2, 0.25) is 0 Å². The fourth-order valence-corrected chi connectivity index (χ4v) is 1.87. The number of amides is 2. The van der Waals surface area contributed by atoms with E-state index in [4.69, 9.17) is 0 Å². The molecule has 0 unspecified atom stereocenters. The lowest BCUT2D eigenvalue weighted by atomic mass is 10.2. The minimum absolute atomic E-state index is 0.0562. The molecule has 1 rings (SSSR count). The van der Waals surface area contributed by atoms with Gasteiger partial charge >= 0.3 is 11.8 Å². The maximum Gasteiger partial charge on any atom is 0.313 e. The number of aromatic hydroxyl groups is 1. The highest BCUT2D eigenvalue weighted by atomic mass is 16.3. The Morgan fingerprint density at radius 2 is 1.86 bits per heavy atom. The highest BCUT2D eigenvalue weighted by molar-refractivity contribution is 6.39. The summed E-state index contributed by atoms with van der Waals surface area (Å²) in [5.74, 6) is -1.55.